The van der Waals surface area contributed by atoms with Crippen molar-refractivity contribution >= 4 is 5.91 Å². The Bertz CT molecular complexity index is 463. The molecule has 0 unspecified atom stereocenters. The van der Waals surface area contributed by atoms with Gasteiger partial charge in [0.2, 0.25) is 0 Å². The number of hydrogen-bond donors (Lipinski definition) is 1. The first kappa shape index (κ1) is 9.39. The van der Waals surface area contributed by atoms with Gasteiger partial charge in [-0.2, -0.15) is 5.10 Å². The van der Waals surface area contributed by atoms with E-state index in [1.165, 1.54) is 0 Å². The van der Waals surface area contributed by atoms with Crippen LogP contribution >= 0.6 is 0 Å². The molecule has 1 amide bonds. The third-order valence-corrected chi connectivity index (χ3v) is 2.05. The van der Waals surface area contributed by atoms with Gasteiger partial charge in [-0.05, 0) is 23.8 Å². The van der Waals surface area contributed by atoms with Gasteiger partial charge in [0.1, 0.15) is 5.69 Å². The SMILES string of the molecule is NC(=O)c1ccnn1Cc1ccncc1. The van der Waals surface area contributed by atoms with Gasteiger partial charge in [-0.3, -0.25) is 14.5 Å². The molecule has 2 aromatic rings. The van der Waals surface area contributed by atoms with Crippen molar-refractivity contribution < 1.29 is 4.79 Å². The molecule has 0 saturated heterocycles. The summed E-state index contributed by atoms with van der Waals surface area (Å²) in [7, 11) is 0. The lowest BCUT2D eigenvalue weighted by molar-refractivity contribution is 0.0990. The Balaban J connectivity index is 2.25. The highest BCUT2D eigenvalue weighted by atomic mass is 16.1. The van der Waals surface area contributed by atoms with Gasteiger partial charge in [0.15, 0.2) is 0 Å². The lowest BCUT2D eigenvalue weighted by Crippen LogP contribution is -2.18. The summed E-state index contributed by atoms with van der Waals surface area (Å²) < 4.78 is 1.57. The standard InChI is InChI=1S/C10H10N4O/c11-10(15)9-3-6-13-14(9)7-8-1-4-12-5-2-8/h1-6H,7H2,(H2,11,15). The van der Waals surface area contributed by atoms with Gasteiger partial charge in [0.05, 0.1) is 6.54 Å². The van der Waals surface area contributed by atoms with E-state index in [0.29, 0.717) is 12.2 Å². The van der Waals surface area contributed by atoms with Crippen LogP contribution in [0, 0.1) is 0 Å². The van der Waals surface area contributed by atoms with Crippen LogP contribution in [0.15, 0.2) is 36.8 Å². The molecule has 0 bridgehead atoms. The van der Waals surface area contributed by atoms with Crippen LogP contribution in [0.2, 0.25) is 0 Å². The summed E-state index contributed by atoms with van der Waals surface area (Å²) in [6.45, 7) is 0.522. The average Bonchev–Trinajstić information content (AvgIpc) is 2.67. The van der Waals surface area contributed by atoms with Crippen LogP contribution in [-0.2, 0) is 6.54 Å². The van der Waals surface area contributed by atoms with E-state index < -0.39 is 5.91 Å². The number of amides is 1. The summed E-state index contributed by atoms with van der Waals surface area (Å²) >= 11 is 0. The molecule has 0 spiro atoms. The molecule has 0 radical (unpaired) electrons. The summed E-state index contributed by atoms with van der Waals surface area (Å²) in [4.78, 5) is 14.9. The smallest absolute Gasteiger partial charge is 0.266 e. The molecule has 2 rings (SSSR count). The number of pyridine rings is 1. The summed E-state index contributed by atoms with van der Waals surface area (Å²) in [5.41, 5.74) is 6.63. The summed E-state index contributed by atoms with van der Waals surface area (Å²) in [6, 6.07) is 5.34. The van der Waals surface area contributed by atoms with E-state index in [4.69, 9.17) is 5.73 Å². The number of rotatable bonds is 3. The minimum absolute atomic E-state index is 0.409. The van der Waals surface area contributed by atoms with Gasteiger partial charge in [0.25, 0.3) is 5.91 Å². The molecule has 5 heteroatoms. The van der Waals surface area contributed by atoms with Crippen LogP contribution in [0.5, 0.6) is 0 Å². The van der Waals surface area contributed by atoms with Crippen LogP contribution in [0.25, 0.3) is 0 Å². The van der Waals surface area contributed by atoms with Crippen molar-refractivity contribution in [2.75, 3.05) is 0 Å². The van der Waals surface area contributed by atoms with E-state index in [1.807, 2.05) is 12.1 Å². The first-order valence-electron chi connectivity index (χ1n) is 4.48. The molecular weight excluding hydrogens is 192 g/mol. The third kappa shape index (κ3) is 2.01. The number of carbonyl (C=O) groups excluding carboxylic acids is 1. The first-order chi connectivity index (χ1) is 7.27. The maximum absolute atomic E-state index is 11.0. The van der Waals surface area contributed by atoms with E-state index in [0.717, 1.165) is 5.56 Å². The average molecular weight is 202 g/mol. The zero-order valence-corrected chi connectivity index (χ0v) is 8.00. The number of nitrogens with zero attached hydrogens (tertiary/aromatic N) is 3. The molecule has 2 aromatic heterocycles. The zero-order valence-electron chi connectivity index (χ0n) is 8.00. The molecule has 0 aliphatic carbocycles. The molecule has 2 heterocycles. The van der Waals surface area contributed by atoms with Crippen molar-refractivity contribution in [3.05, 3.63) is 48.0 Å². The van der Waals surface area contributed by atoms with Crippen LogP contribution < -0.4 is 5.73 Å². The lowest BCUT2D eigenvalue weighted by atomic mass is 10.2. The molecule has 0 aliphatic heterocycles. The molecule has 0 aromatic carbocycles. The number of carbonyl (C=O) groups is 1. The zero-order chi connectivity index (χ0) is 10.7. The van der Waals surface area contributed by atoms with Gasteiger partial charge in [0, 0.05) is 18.6 Å². The fraction of sp³-hybridized carbons (Fsp3) is 0.100. The third-order valence-electron chi connectivity index (χ3n) is 2.05. The topological polar surface area (TPSA) is 73.8 Å². The normalized spacial score (nSPS) is 10.1. The number of primary amides is 1. The van der Waals surface area contributed by atoms with Crippen molar-refractivity contribution in [3.8, 4) is 0 Å². The highest BCUT2D eigenvalue weighted by Gasteiger charge is 2.07. The fourth-order valence-electron chi connectivity index (χ4n) is 1.33. The Morgan fingerprint density at radius 1 is 1.27 bits per heavy atom. The van der Waals surface area contributed by atoms with E-state index in [2.05, 4.69) is 10.1 Å². The van der Waals surface area contributed by atoms with Crippen molar-refractivity contribution in [3.63, 3.8) is 0 Å². The van der Waals surface area contributed by atoms with Gasteiger partial charge in [-0.15, -0.1) is 0 Å². The van der Waals surface area contributed by atoms with Crippen LogP contribution in [-0.4, -0.2) is 20.7 Å². The molecule has 76 valence electrons. The predicted octanol–water partition coefficient (Wildman–Crippen LogP) is 0.425. The second-order valence-electron chi connectivity index (χ2n) is 3.09. The highest BCUT2D eigenvalue weighted by molar-refractivity contribution is 5.90. The van der Waals surface area contributed by atoms with Gasteiger partial charge < -0.3 is 5.73 Å². The molecule has 0 aliphatic rings. The number of nitrogens with two attached hydrogens (primary N) is 1. The molecule has 0 atom stereocenters. The Morgan fingerprint density at radius 3 is 2.67 bits per heavy atom. The maximum Gasteiger partial charge on any atom is 0.266 e. The van der Waals surface area contributed by atoms with E-state index in [1.54, 1.807) is 29.3 Å². The van der Waals surface area contributed by atoms with Crippen molar-refractivity contribution in [2.24, 2.45) is 5.73 Å². The van der Waals surface area contributed by atoms with E-state index >= 15 is 0 Å². The largest absolute Gasteiger partial charge is 0.364 e. The molecule has 2 N–H and O–H groups in total. The summed E-state index contributed by atoms with van der Waals surface area (Å²) in [5.74, 6) is -0.471. The molecule has 5 nitrogen and oxygen atoms in total. The Labute approximate surface area is 86.5 Å². The Kier molecular flexibility index (Phi) is 2.45. The fourth-order valence-corrected chi connectivity index (χ4v) is 1.33. The summed E-state index contributed by atoms with van der Waals surface area (Å²) in [6.07, 6.45) is 4.95. The van der Waals surface area contributed by atoms with Crippen molar-refractivity contribution in [1.82, 2.24) is 14.8 Å². The van der Waals surface area contributed by atoms with Crippen LogP contribution in [0.4, 0.5) is 0 Å². The maximum atomic E-state index is 11.0. The summed E-state index contributed by atoms with van der Waals surface area (Å²) in [5, 5.41) is 4.03. The van der Waals surface area contributed by atoms with Gasteiger partial charge in [-0.1, -0.05) is 0 Å². The lowest BCUT2D eigenvalue weighted by Gasteiger charge is -2.04. The predicted molar refractivity (Wildman–Crippen MR) is 54.1 cm³/mol. The van der Waals surface area contributed by atoms with Gasteiger partial charge in [-0.25, -0.2) is 0 Å². The van der Waals surface area contributed by atoms with Crippen LogP contribution in [0.1, 0.15) is 16.1 Å². The molecule has 15 heavy (non-hydrogen) atoms. The monoisotopic (exact) mass is 202 g/mol. The minimum atomic E-state index is -0.471. The van der Waals surface area contributed by atoms with Crippen LogP contribution in [0.3, 0.4) is 0 Å². The molecule has 0 saturated carbocycles. The van der Waals surface area contributed by atoms with Crippen molar-refractivity contribution in [1.29, 1.82) is 0 Å². The highest BCUT2D eigenvalue weighted by Crippen LogP contribution is 2.03. The minimum Gasteiger partial charge on any atom is -0.364 e. The first-order valence-corrected chi connectivity index (χ1v) is 4.48. The van der Waals surface area contributed by atoms with Gasteiger partial charge >= 0.3 is 0 Å². The molecule has 0 fully saturated rings. The quantitative estimate of drug-likeness (QED) is 0.784. The van der Waals surface area contributed by atoms with E-state index in [-0.39, 0.29) is 0 Å². The van der Waals surface area contributed by atoms with Crippen molar-refractivity contribution in [2.45, 2.75) is 6.54 Å². The number of hydrogen-bond acceptors (Lipinski definition) is 3. The Hall–Kier alpha value is -2.17. The number of aromatic nitrogens is 3. The molecular formula is C10H10N4O. The second kappa shape index (κ2) is 3.91. The van der Waals surface area contributed by atoms with E-state index in [9.17, 15) is 4.79 Å². The Morgan fingerprint density at radius 2 is 2.00 bits per heavy atom. The second-order valence-corrected chi connectivity index (χ2v) is 3.09.